The lowest BCUT2D eigenvalue weighted by Gasteiger charge is -2.23. The number of nitrogens with one attached hydrogen (secondary N) is 1. The molecule has 0 spiro atoms. The molecular weight excluding hydrogens is 849 g/mol. The number of rotatable bonds is 17. The van der Waals surface area contributed by atoms with Crippen LogP contribution in [-0.4, -0.2) is 86.8 Å². The summed E-state index contributed by atoms with van der Waals surface area (Å²) in [5.74, 6) is -0.251. The molecule has 0 fully saturated rings. The molecule has 2 aromatic carbocycles. The molecule has 6 heterocycles. The molecule has 0 saturated heterocycles. The van der Waals surface area contributed by atoms with Gasteiger partial charge >= 0.3 is 6.09 Å². The first-order valence-corrected chi connectivity index (χ1v) is 22.1. The first kappa shape index (κ1) is 47.1. The van der Waals surface area contributed by atoms with Crippen LogP contribution in [-0.2, 0) is 62.7 Å². The Hall–Kier alpha value is -7.85. The van der Waals surface area contributed by atoms with Crippen molar-refractivity contribution in [2.45, 2.75) is 91.1 Å². The highest BCUT2D eigenvalue weighted by Gasteiger charge is 2.28. The maximum atomic E-state index is 13.6. The molecule has 0 aliphatic rings. The topological polar surface area (TPSA) is 204 Å². The van der Waals surface area contributed by atoms with Gasteiger partial charge in [-0.2, -0.15) is 10.2 Å². The number of alkyl carbamates (subject to hydrolysis) is 1. The average molecular weight is 903 g/mol. The van der Waals surface area contributed by atoms with Crippen LogP contribution >= 0.6 is 0 Å². The fraction of sp³-hybridized carbons (Fsp3) is 0.275. The van der Waals surface area contributed by atoms with Crippen LogP contribution in [0.4, 0.5) is 4.79 Å². The van der Waals surface area contributed by atoms with E-state index >= 15 is 0 Å². The van der Waals surface area contributed by atoms with Crippen LogP contribution in [0.2, 0.25) is 0 Å². The lowest BCUT2D eigenvalue weighted by Crippen LogP contribution is -2.45. The number of amides is 1. The van der Waals surface area contributed by atoms with E-state index in [1.807, 2.05) is 103 Å². The van der Waals surface area contributed by atoms with Crippen LogP contribution in [0.15, 0.2) is 122 Å². The van der Waals surface area contributed by atoms with E-state index in [-0.39, 0.29) is 30.8 Å². The molecule has 6 aromatic heterocycles. The van der Waals surface area contributed by atoms with Gasteiger partial charge in [-0.1, -0.05) is 36.4 Å². The number of ketones is 2. The Morgan fingerprint density at radius 2 is 1.12 bits per heavy atom. The van der Waals surface area contributed by atoms with Gasteiger partial charge in [0.2, 0.25) is 12.8 Å². The number of ether oxygens (including phenoxy) is 1. The lowest BCUT2D eigenvalue weighted by atomic mass is 9.99. The molecular formula is C51H54N10O6. The van der Waals surface area contributed by atoms with Crippen LogP contribution in [0.1, 0.15) is 57.1 Å². The third-order valence-electron chi connectivity index (χ3n) is 11.2. The Morgan fingerprint density at radius 3 is 1.57 bits per heavy atom. The van der Waals surface area contributed by atoms with E-state index in [1.54, 1.807) is 62.6 Å². The number of carbonyl (C=O) groups is 5. The average Bonchev–Trinajstić information content (AvgIpc) is 4.12. The Morgan fingerprint density at radius 1 is 0.672 bits per heavy atom. The highest BCUT2D eigenvalue weighted by molar-refractivity contribution is 5.93. The van der Waals surface area contributed by atoms with Crippen molar-refractivity contribution < 1.29 is 28.7 Å². The molecule has 2 atom stereocenters. The van der Waals surface area contributed by atoms with Crippen molar-refractivity contribution in [3.8, 4) is 22.5 Å². The number of fused-ring (bicyclic) bond motifs is 2. The number of carbonyl (C=O) groups excluding carboxylic acids is 5. The lowest BCUT2D eigenvalue weighted by molar-refractivity contribution is -0.121. The number of pyridine rings is 2. The Bertz CT molecular complexity index is 3020. The van der Waals surface area contributed by atoms with Crippen molar-refractivity contribution in [1.82, 2.24) is 44.0 Å². The highest BCUT2D eigenvalue weighted by atomic mass is 16.6. The van der Waals surface area contributed by atoms with E-state index in [1.165, 1.54) is 9.13 Å². The van der Waals surface area contributed by atoms with E-state index in [0.29, 0.717) is 19.5 Å². The summed E-state index contributed by atoms with van der Waals surface area (Å²) in [7, 11) is 0. The molecule has 8 aromatic rings. The predicted octanol–water partition coefficient (Wildman–Crippen LogP) is 6.85. The summed E-state index contributed by atoms with van der Waals surface area (Å²) in [4.78, 5) is 70.2. The molecule has 16 nitrogen and oxygen atoms in total. The molecule has 0 aliphatic carbocycles. The van der Waals surface area contributed by atoms with Crippen LogP contribution in [0, 0.1) is 0 Å². The number of hydrogen-bond acceptors (Lipinski definition) is 11. The summed E-state index contributed by atoms with van der Waals surface area (Å²) in [5, 5.41) is 13.8. The third-order valence-corrected chi connectivity index (χ3v) is 11.2. The van der Waals surface area contributed by atoms with E-state index in [0.717, 1.165) is 79.7 Å². The molecule has 8 rings (SSSR count). The Balaban J connectivity index is 0.000000203. The monoisotopic (exact) mass is 902 g/mol. The number of Topliss-reactive ketones (excluding diaryl/α,β-unsaturated/α-hetero) is 2. The number of benzene rings is 2. The van der Waals surface area contributed by atoms with Crippen LogP contribution < -0.4 is 11.1 Å². The second-order valence-corrected chi connectivity index (χ2v) is 17.0. The minimum Gasteiger partial charge on any atom is -0.444 e. The smallest absolute Gasteiger partial charge is 0.408 e. The van der Waals surface area contributed by atoms with Gasteiger partial charge in [0.05, 0.1) is 47.3 Å². The van der Waals surface area contributed by atoms with E-state index in [9.17, 15) is 24.0 Å². The summed E-state index contributed by atoms with van der Waals surface area (Å²) in [6.07, 6.45) is 12.0. The highest BCUT2D eigenvalue weighted by Crippen LogP contribution is 2.25. The van der Waals surface area contributed by atoms with Gasteiger partial charge < -0.3 is 15.8 Å². The maximum Gasteiger partial charge on any atom is 0.408 e. The normalized spacial score (nSPS) is 12.3. The first-order chi connectivity index (χ1) is 32.3. The molecule has 16 heteroatoms. The second-order valence-electron chi connectivity index (χ2n) is 17.0. The number of hydrogen-bond donors (Lipinski definition) is 2. The van der Waals surface area contributed by atoms with Crippen molar-refractivity contribution >= 4 is 52.3 Å². The van der Waals surface area contributed by atoms with E-state index in [4.69, 9.17) is 10.5 Å². The number of aromatic nitrogens is 8. The molecule has 0 aliphatic heterocycles. The van der Waals surface area contributed by atoms with E-state index in [2.05, 4.69) is 25.5 Å². The summed E-state index contributed by atoms with van der Waals surface area (Å²) in [6.45, 7) is 10.5. The fourth-order valence-electron chi connectivity index (χ4n) is 8.00. The second kappa shape index (κ2) is 21.0. The zero-order valence-electron chi connectivity index (χ0n) is 38.2. The van der Waals surface area contributed by atoms with Crippen LogP contribution in [0.5, 0.6) is 0 Å². The molecule has 0 saturated carbocycles. The van der Waals surface area contributed by atoms with Gasteiger partial charge in [0.15, 0.2) is 11.6 Å². The van der Waals surface area contributed by atoms with Crippen molar-refractivity contribution in [2.24, 2.45) is 5.73 Å². The number of nitrogens with two attached hydrogens (primary N) is 1. The maximum absolute atomic E-state index is 13.6. The Labute approximate surface area is 387 Å². The van der Waals surface area contributed by atoms with Crippen molar-refractivity contribution in [1.29, 1.82) is 0 Å². The van der Waals surface area contributed by atoms with Gasteiger partial charge in [-0.25, -0.2) is 4.79 Å². The zero-order chi connectivity index (χ0) is 47.7. The molecule has 3 N–H and O–H groups in total. The first-order valence-electron chi connectivity index (χ1n) is 22.1. The molecule has 0 unspecified atom stereocenters. The number of para-hydroxylation sites is 2. The molecule has 344 valence electrons. The molecule has 0 bridgehead atoms. The van der Waals surface area contributed by atoms with Gasteiger partial charge in [-0.3, -0.25) is 47.6 Å². The summed E-state index contributed by atoms with van der Waals surface area (Å²) >= 11 is 0. The van der Waals surface area contributed by atoms with Crippen molar-refractivity contribution in [3.05, 3.63) is 145 Å². The van der Waals surface area contributed by atoms with Gasteiger partial charge in [0.1, 0.15) is 5.60 Å². The minimum atomic E-state index is -0.870. The summed E-state index contributed by atoms with van der Waals surface area (Å²) in [5.41, 5.74) is 13.8. The fourth-order valence-corrected chi connectivity index (χ4v) is 8.00. The Kier molecular flexibility index (Phi) is 14.8. The van der Waals surface area contributed by atoms with Crippen LogP contribution in [0.3, 0.4) is 0 Å². The molecule has 0 radical (unpaired) electrons. The third kappa shape index (κ3) is 11.3. The number of aryl methyl sites for hydroxylation is 2. The number of nitrogens with zero attached hydrogens (tertiary/aromatic N) is 8. The summed E-state index contributed by atoms with van der Waals surface area (Å²) in [6, 6.07) is 24.9. The van der Waals surface area contributed by atoms with Crippen molar-refractivity contribution in [2.75, 3.05) is 0 Å². The van der Waals surface area contributed by atoms with E-state index < -0.39 is 23.8 Å². The van der Waals surface area contributed by atoms with Gasteiger partial charge in [0.25, 0.3) is 0 Å². The zero-order valence-corrected chi connectivity index (χ0v) is 38.2. The minimum absolute atomic E-state index is 0.0613. The molecule has 67 heavy (non-hydrogen) atoms. The van der Waals surface area contributed by atoms with Crippen LogP contribution in [0.25, 0.3) is 44.3 Å². The van der Waals surface area contributed by atoms with Crippen molar-refractivity contribution in [3.63, 3.8) is 0 Å². The predicted molar refractivity (Wildman–Crippen MR) is 256 cm³/mol. The molecule has 1 amide bonds. The van der Waals surface area contributed by atoms with Gasteiger partial charge in [0, 0.05) is 90.0 Å². The SMILES string of the molecule is CCn1nc(-c2ccncc2)cc1CC(=O)[C@@H](N)Cc1cn(C=O)c2ccccc12.CCn1nc(-c2ccncc2)cc1CC(=O)[C@H](Cc1cn(C=O)c2ccccc12)NC(=O)OC(C)(C)C. The summed E-state index contributed by atoms with van der Waals surface area (Å²) < 4.78 is 12.1. The quantitative estimate of drug-likeness (QED) is 0.0905. The van der Waals surface area contributed by atoms with Gasteiger partial charge in [-0.15, -0.1) is 0 Å². The van der Waals surface area contributed by atoms with Gasteiger partial charge in [-0.05, 0) is 101 Å². The largest absolute Gasteiger partial charge is 0.444 e. The standard InChI is InChI=1S/C28H31N5O4.C23H23N5O2/c1-5-33-21(15-23(31-33)19-10-12-29-13-11-19)16-26(35)24(30-27(36)37-28(2,3)4)14-20-17-32(18-34)25-9-7-6-8-22(20)25;1-2-28-18(12-21(26-28)16-7-9-25-10-8-16)13-23(30)20(24)11-17-14-27(15-29)22-6-4-3-5-19(17)22/h6-13,15,17-18,24H,5,14,16H2,1-4H3,(H,30,36);3-10,12,14-15,20H,2,11,13,24H2,1H3/t24-;20-/m00/s1.